The Hall–Kier alpha value is -0.580. The molecule has 0 aliphatic carbocycles. The van der Waals surface area contributed by atoms with E-state index in [4.69, 9.17) is 9.47 Å². The van der Waals surface area contributed by atoms with Gasteiger partial charge in [-0.15, -0.1) is 0 Å². The summed E-state index contributed by atoms with van der Waals surface area (Å²) in [4.78, 5) is 2.49. The van der Waals surface area contributed by atoms with Gasteiger partial charge in [0.1, 0.15) is 11.9 Å². The monoisotopic (exact) mass is 325 g/mol. The number of benzene rings is 1. The van der Waals surface area contributed by atoms with E-state index in [0.717, 1.165) is 43.8 Å². The number of halogens is 1. The Labute approximate surface area is 123 Å². The first-order valence-corrected chi connectivity index (χ1v) is 8.02. The Morgan fingerprint density at radius 2 is 2.32 bits per heavy atom. The number of alkyl halides is 1. The molecule has 1 saturated heterocycles. The molecule has 1 aromatic carbocycles. The molecule has 2 aliphatic rings. The van der Waals surface area contributed by atoms with Crippen molar-refractivity contribution >= 4 is 15.9 Å². The first-order chi connectivity index (χ1) is 9.26. The first-order valence-electron chi connectivity index (χ1n) is 6.90. The smallest absolute Gasteiger partial charge is 0.123 e. The summed E-state index contributed by atoms with van der Waals surface area (Å²) in [6.07, 6.45) is 1.32. The van der Waals surface area contributed by atoms with Crippen molar-refractivity contribution in [2.75, 3.05) is 31.6 Å². The molecule has 3 rings (SSSR count). The topological polar surface area (TPSA) is 21.7 Å². The van der Waals surface area contributed by atoms with Crippen LogP contribution >= 0.6 is 15.9 Å². The normalized spacial score (nSPS) is 27.1. The van der Waals surface area contributed by atoms with Crippen LogP contribution < -0.4 is 4.74 Å². The van der Waals surface area contributed by atoms with Crippen LogP contribution in [-0.2, 0) is 11.2 Å². The predicted octanol–water partition coefficient (Wildman–Crippen LogP) is 2.39. The van der Waals surface area contributed by atoms with Gasteiger partial charge in [-0.3, -0.25) is 4.90 Å². The average molecular weight is 326 g/mol. The first kappa shape index (κ1) is 13.4. The third-order valence-electron chi connectivity index (χ3n) is 3.92. The van der Waals surface area contributed by atoms with Crippen molar-refractivity contribution in [1.82, 2.24) is 4.90 Å². The number of morpholine rings is 1. The van der Waals surface area contributed by atoms with E-state index in [1.54, 1.807) is 0 Å². The van der Waals surface area contributed by atoms with E-state index >= 15 is 0 Å². The van der Waals surface area contributed by atoms with Gasteiger partial charge < -0.3 is 9.47 Å². The quantitative estimate of drug-likeness (QED) is 0.796. The highest BCUT2D eigenvalue weighted by atomic mass is 79.9. The Morgan fingerprint density at radius 3 is 3.16 bits per heavy atom. The number of hydrogen-bond acceptors (Lipinski definition) is 3. The molecule has 3 nitrogen and oxygen atoms in total. The van der Waals surface area contributed by atoms with Gasteiger partial charge in [0.05, 0.1) is 13.2 Å². The molecule has 0 spiro atoms. The summed E-state index contributed by atoms with van der Waals surface area (Å²) in [7, 11) is 0. The third kappa shape index (κ3) is 2.96. The number of nitrogens with zero attached hydrogens (tertiary/aromatic N) is 1. The van der Waals surface area contributed by atoms with Gasteiger partial charge in [0.25, 0.3) is 0 Å². The molecule has 0 N–H and O–H groups in total. The van der Waals surface area contributed by atoms with E-state index in [1.165, 1.54) is 11.1 Å². The maximum atomic E-state index is 6.06. The molecule has 0 radical (unpaired) electrons. The summed E-state index contributed by atoms with van der Waals surface area (Å²) >= 11 is 3.58. The average Bonchev–Trinajstić information content (AvgIpc) is 2.80. The van der Waals surface area contributed by atoms with Gasteiger partial charge in [0.15, 0.2) is 0 Å². The predicted molar refractivity (Wildman–Crippen MR) is 79.3 cm³/mol. The van der Waals surface area contributed by atoms with Crippen LogP contribution in [0.5, 0.6) is 5.75 Å². The van der Waals surface area contributed by atoms with E-state index in [9.17, 15) is 0 Å². The van der Waals surface area contributed by atoms with Crippen molar-refractivity contribution in [2.24, 2.45) is 0 Å². The highest BCUT2D eigenvalue weighted by molar-refractivity contribution is 9.09. The molecule has 19 heavy (non-hydrogen) atoms. The number of rotatable bonds is 3. The Morgan fingerprint density at radius 1 is 1.42 bits per heavy atom. The largest absolute Gasteiger partial charge is 0.488 e. The molecule has 1 aromatic rings. The van der Waals surface area contributed by atoms with Crippen molar-refractivity contribution < 1.29 is 9.47 Å². The van der Waals surface area contributed by atoms with Crippen LogP contribution in [-0.4, -0.2) is 48.7 Å². The lowest BCUT2D eigenvalue weighted by Crippen LogP contribution is -2.50. The Balaban J connectivity index is 1.63. The SMILES string of the molecule is Cc1ccc2c(c1)CC(CN1CCOCC1CBr)O2. The van der Waals surface area contributed by atoms with Crippen LogP contribution in [0.25, 0.3) is 0 Å². The molecule has 0 bridgehead atoms. The van der Waals surface area contributed by atoms with Gasteiger partial charge in [-0.1, -0.05) is 33.6 Å². The highest BCUT2D eigenvalue weighted by Gasteiger charge is 2.29. The second kappa shape index (κ2) is 5.81. The standard InChI is InChI=1S/C15H20BrNO2/c1-11-2-3-15-12(6-11)7-14(19-15)9-17-4-5-18-10-13(17)8-16/h2-3,6,13-14H,4-5,7-10H2,1H3. The van der Waals surface area contributed by atoms with E-state index in [-0.39, 0.29) is 6.10 Å². The molecular formula is C15H20BrNO2. The van der Waals surface area contributed by atoms with Crippen LogP contribution in [0.15, 0.2) is 18.2 Å². The molecule has 2 unspecified atom stereocenters. The molecule has 2 atom stereocenters. The molecule has 2 aliphatic heterocycles. The van der Waals surface area contributed by atoms with Crippen molar-refractivity contribution in [3.05, 3.63) is 29.3 Å². The summed E-state index contributed by atoms with van der Waals surface area (Å²) in [6, 6.07) is 6.95. The maximum absolute atomic E-state index is 6.06. The molecule has 1 fully saturated rings. The van der Waals surface area contributed by atoms with Crippen LogP contribution in [0.1, 0.15) is 11.1 Å². The lowest BCUT2D eigenvalue weighted by atomic mass is 10.1. The lowest BCUT2D eigenvalue weighted by Gasteiger charge is -2.35. The fraction of sp³-hybridized carbons (Fsp3) is 0.600. The van der Waals surface area contributed by atoms with Crippen LogP contribution in [0.4, 0.5) is 0 Å². The fourth-order valence-corrected chi connectivity index (χ4v) is 3.48. The van der Waals surface area contributed by atoms with Crippen molar-refractivity contribution in [3.8, 4) is 5.75 Å². The third-order valence-corrected chi connectivity index (χ3v) is 4.67. The molecular weight excluding hydrogens is 306 g/mol. The fourth-order valence-electron chi connectivity index (χ4n) is 2.88. The highest BCUT2D eigenvalue weighted by Crippen LogP contribution is 2.30. The number of hydrogen-bond donors (Lipinski definition) is 0. The van der Waals surface area contributed by atoms with Crippen molar-refractivity contribution in [3.63, 3.8) is 0 Å². The summed E-state index contributed by atoms with van der Waals surface area (Å²) in [5.74, 6) is 1.07. The number of aryl methyl sites for hydroxylation is 1. The van der Waals surface area contributed by atoms with E-state index in [2.05, 4.69) is 46.0 Å². The van der Waals surface area contributed by atoms with Gasteiger partial charge in [-0.25, -0.2) is 0 Å². The summed E-state index contributed by atoms with van der Waals surface area (Å²) in [5, 5.41) is 0.964. The number of ether oxygens (including phenoxy) is 2. The second-order valence-corrected chi connectivity index (χ2v) is 6.08. The van der Waals surface area contributed by atoms with Gasteiger partial charge in [0.2, 0.25) is 0 Å². The van der Waals surface area contributed by atoms with Gasteiger partial charge in [-0.05, 0) is 18.6 Å². The minimum absolute atomic E-state index is 0.288. The van der Waals surface area contributed by atoms with Gasteiger partial charge in [0, 0.05) is 30.9 Å². The van der Waals surface area contributed by atoms with Gasteiger partial charge in [-0.2, -0.15) is 0 Å². The van der Waals surface area contributed by atoms with E-state index < -0.39 is 0 Å². The zero-order valence-corrected chi connectivity index (χ0v) is 12.9. The zero-order chi connectivity index (χ0) is 13.2. The summed E-state index contributed by atoms with van der Waals surface area (Å²) < 4.78 is 11.6. The summed E-state index contributed by atoms with van der Waals surface area (Å²) in [6.45, 7) is 5.79. The van der Waals surface area contributed by atoms with Crippen molar-refractivity contribution in [2.45, 2.75) is 25.5 Å². The molecule has 0 amide bonds. The zero-order valence-electron chi connectivity index (χ0n) is 11.3. The molecule has 4 heteroatoms. The number of fused-ring (bicyclic) bond motifs is 1. The van der Waals surface area contributed by atoms with E-state index in [0.29, 0.717) is 6.04 Å². The van der Waals surface area contributed by atoms with Crippen LogP contribution in [0.3, 0.4) is 0 Å². The Bertz CT molecular complexity index is 452. The lowest BCUT2D eigenvalue weighted by molar-refractivity contribution is -0.0118. The van der Waals surface area contributed by atoms with E-state index in [1.807, 2.05) is 0 Å². The molecule has 0 saturated carbocycles. The maximum Gasteiger partial charge on any atom is 0.123 e. The van der Waals surface area contributed by atoms with Crippen LogP contribution in [0.2, 0.25) is 0 Å². The minimum Gasteiger partial charge on any atom is -0.488 e. The second-order valence-electron chi connectivity index (χ2n) is 5.43. The molecule has 0 aromatic heterocycles. The summed E-state index contributed by atoms with van der Waals surface area (Å²) in [5.41, 5.74) is 2.67. The minimum atomic E-state index is 0.288. The van der Waals surface area contributed by atoms with Crippen molar-refractivity contribution in [1.29, 1.82) is 0 Å². The molecule has 104 valence electrons. The van der Waals surface area contributed by atoms with Crippen LogP contribution in [0, 0.1) is 6.92 Å². The Kier molecular flexibility index (Phi) is 4.10. The van der Waals surface area contributed by atoms with Gasteiger partial charge >= 0.3 is 0 Å². The molecule has 2 heterocycles.